The Bertz CT molecular complexity index is 485. The summed E-state index contributed by atoms with van der Waals surface area (Å²) in [5.41, 5.74) is 5.91. The van der Waals surface area contributed by atoms with Gasteiger partial charge < -0.3 is 20.1 Å². The van der Waals surface area contributed by atoms with E-state index in [-0.39, 0.29) is 12.2 Å². The predicted molar refractivity (Wildman–Crippen MR) is 75.1 cm³/mol. The first-order chi connectivity index (χ1) is 9.35. The van der Waals surface area contributed by atoms with Gasteiger partial charge >= 0.3 is 6.09 Å². The number of nitrogens with zero attached hydrogens (tertiary/aromatic N) is 2. The monoisotopic (exact) mass is 279 g/mol. The molecule has 6 heteroatoms. The Morgan fingerprint density at radius 3 is 2.90 bits per heavy atom. The molecule has 1 aliphatic rings. The minimum atomic E-state index is -0.500. The van der Waals surface area contributed by atoms with Gasteiger partial charge in [-0.25, -0.2) is 9.78 Å². The van der Waals surface area contributed by atoms with Crippen LogP contribution in [0.3, 0.4) is 0 Å². The SMILES string of the molecule is CC(C)(C)OC(=O)N1CCO[C@H](c2cccc(N)n2)C1. The average Bonchev–Trinajstić information content (AvgIpc) is 2.37. The number of anilines is 1. The Hall–Kier alpha value is -1.82. The van der Waals surface area contributed by atoms with Crippen LogP contribution >= 0.6 is 0 Å². The number of amides is 1. The van der Waals surface area contributed by atoms with Crippen molar-refractivity contribution in [2.45, 2.75) is 32.5 Å². The molecule has 1 aromatic heterocycles. The van der Waals surface area contributed by atoms with Crippen molar-refractivity contribution in [1.29, 1.82) is 0 Å². The second kappa shape index (κ2) is 5.66. The number of ether oxygens (including phenoxy) is 2. The molecule has 0 aromatic carbocycles. The number of hydrogen-bond acceptors (Lipinski definition) is 5. The van der Waals surface area contributed by atoms with Crippen molar-refractivity contribution >= 4 is 11.9 Å². The molecule has 1 aliphatic heterocycles. The molecule has 1 atom stereocenters. The molecule has 0 spiro atoms. The van der Waals surface area contributed by atoms with Gasteiger partial charge in [0.15, 0.2) is 0 Å². The summed E-state index contributed by atoms with van der Waals surface area (Å²) >= 11 is 0. The van der Waals surface area contributed by atoms with E-state index in [1.165, 1.54) is 0 Å². The van der Waals surface area contributed by atoms with Crippen LogP contribution in [0.15, 0.2) is 18.2 Å². The minimum Gasteiger partial charge on any atom is -0.444 e. The van der Waals surface area contributed by atoms with Crippen LogP contribution in [0.2, 0.25) is 0 Å². The second-order valence-electron chi connectivity index (χ2n) is 5.77. The lowest BCUT2D eigenvalue weighted by Gasteiger charge is -2.34. The summed E-state index contributed by atoms with van der Waals surface area (Å²) in [6, 6.07) is 5.39. The van der Waals surface area contributed by atoms with E-state index in [0.717, 1.165) is 5.69 Å². The molecule has 2 N–H and O–H groups in total. The van der Waals surface area contributed by atoms with Crippen molar-refractivity contribution in [1.82, 2.24) is 9.88 Å². The Labute approximate surface area is 118 Å². The van der Waals surface area contributed by atoms with Crippen LogP contribution in [0.4, 0.5) is 10.6 Å². The third-order valence-corrected chi connectivity index (χ3v) is 2.84. The number of pyridine rings is 1. The zero-order chi connectivity index (χ0) is 14.8. The van der Waals surface area contributed by atoms with Crippen LogP contribution in [0.5, 0.6) is 0 Å². The van der Waals surface area contributed by atoms with E-state index in [1.54, 1.807) is 11.0 Å². The molecule has 0 unspecified atom stereocenters. The first kappa shape index (κ1) is 14.6. The molecule has 110 valence electrons. The summed E-state index contributed by atoms with van der Waals surface area (Å²) in [7, 11) is 0. The number of hydrogen-bond donors (Lipinski definition) is 1. The number of nitrogens with two attached hydrogens (primary N) is 1. The van der Waals surface area contributed by atoms with E-state index in [2.05, 4.69) is 4.98 Å². The molecule has 1 aromatic rings. The molecular formula is C14H21N3O3. The maximum atomic E-state index is 12.1. The van der Waals surface area contributed by atoms with Gasteiger partial charge in [-0.3, -0.25) is 0 Å². The molecule has 1 amide bonds. The van der Waals surface area contributed by atoms with E-state index < -0.39 is 5.60 Å². The third kappa shape index (κ3) is 3.84. The molecule has 1 saturated heterocycles. The highest BCUT2D eigenvalue weighted by Crippen LogP contribution is 2.22. The molecule has 2 heterocycles. The van der Waals surface area contributed by atoms with Crippen LogP contribution in [0, 0.1) is 0 Å². The number of nitrogen functional groups attached to an aromatic ring is 1. The van der Waals surface area contributed by atoms with Crippen LogP contribution in [0.1, 0.15) is 32.6 Å². The molecule has 20 heavy (non-hydrogen) atoms. The Morgan fingerprint density at radius 2 is 2.25 bits per heavy atom. The lowest BCUT2D eigenvalue weighted by Crippen LogP contribution is -2.44. The fraction of sp³-hybridized carbons (Fsp3) is 0.571. The smallest absolute Gasteiger partial charge is 0.410 e. The second-order valence-corrected chi connectivity index (χ2v) is 5.77. The summed E-state index contributed by atoms with van der Waals surface area (Å²) in [4.78, 5) is 17.9. The summed E-state index contributed by atoms with van der Waals surface area (Å²) in [5, 5.41) is 0. The predicted octanol–water partition coefficient (Wildman–Crippen LogP) is 1.97. The molecule has 1 fully saturated rings. The van der Waals surface area contributed by atoms with Crippen molar-refractivity contribution in [3.8, 4) is 0 Å². The average molecular weight is 279 g/mol. The largest absolute Gasteiger partial charge is 0.444 e. The van der Waals surface area contributed by atoms with Crippen LogP contribution < -0.4 is 5.73 Å². The highest BCUT2D eigenvalue weighted by atomic mass is 16.6. The maximum Gasteiger partial charge on any atom is 0.410 e. The van der Waals surface area contributed by atoms with Gasteiger partial charge in [-0.15, -0.1) is 0 Å². The van der Waals surface area contributed by atoms with Gasteiger partial charge in [-0.2, -0.15) is 0 Å². The number of carbonyl (C=O) groups is 1. The molecule has 6 nitrogen and oxygen atoms in total. The van der Waals surface area contributed by atoms with Gasteiger partial charge in [0.05, 0.1) is 18.8 Å². The van der Waals surface area contributed by atoms with Crippen molar-refractivity contribution in [2.24, 2.45) is 0 Å². The standard InChI is InChI=1S/C14H21N3O3/c1-14(2,3)20-13(18)17-7-8-19-11(9-17)10-5-4-6-12(15)16-10/h4-6,11H,7-9H2,1-3H3,(H2,15,16)/t11-/m0/s1. The summed E-state index contributed by atoms with van der Waals surface area (Å²) in [6.07, 6.45) is -0.588. The number of carbonyl (C=O) groups excluding carboxylic acids is 1. The molecule has 0 saturated carbocycles. The van der Waals surface area contributed by atoms with Gasteiger partial charge in [-0.1, -0.05) is 6.07 Å². The van der Waals surface area contributed by atoms with Crippen LogP contribution in [-0.4, -0.2) is 41.3 Å². The third-order valence-electron chi connectivity index (χ3n) is 2.84. The summed E-state index contributed by atoms with van der Waals surface area (Å²) in [6.45, 7) is 6.95. The van der Waals surface area contributed by atoms with Gasteiger partial charge in [-0.05, 0) is 32.9 Å². The van der Waals surface area contributed by atoms with E-state index in [4.69, 9.17) is 15.2 Å². The van der Waals surface area contributed by atoms with E-state index in [9.17, 15) is 4.79 Å². The number of aromatic nitrogens is 1. The fourth-order valence-corrected chi connectivity index (χ4v) is 1.97. The van der Waals surface area contributed by atoms with Gasteiger partial charge in [0.25, 0.3) is 0 Å². The molecule has 2 rings (SSSR count). The van der Waals surface area contributed by atoms with Crippen molar-refractivity contribution < 1.29 is 14.3 Å². The maximum absolute atomic E-state index is 12.1. The highest BCUT2D eigenvalue weighted by molar-refractivity contribution is 5.68. The fourth-order valence-electron chi connectivity index (χ4n) is 1.97. The van der Waals surface area contributed by atoms with Crippen molar-refractivity contribution in [3.05, 3.63) is 23.9 Å². The Morgan fingerprint density at radius 1 is 1.50 bits per heavy atom. The first-order valence-corrected chi connectivity index (χ1v) is 6.67. The number of rotatable bonds is 1. The van der Waals surface area contributed by atoms with E-state index >= 15 is 0 Å². The number of morpholine rings is 1. The summed E-state index contributed by atoms with van der Waals surface area (Å²) < 4.78 is 11.0. The van der Waals surface area contributed by atoms with E-state index in [1.807, 2.05) is 32.9 Å². The minimum absolute atomic E-state index is 0.264. The van der Waals surface area contributed by atoms with Gasteiger partial charge in [0, 0.05) is 6.54 Å². The van der Waals surface area contributed by atoms with Crippen molar-refractivity contribution in [3.63, 3.8) is 0 Å². The highest BCUT2D eigenvalue weighted by Gasteiger charge is 2.29. The Balaban J connectivity index is 2.03. The van der Waals surface area contributed by atoms with Crippen LogP contribution in [-0.2, 0) is 9.47 Å². The zero-order valence-electron chi connectivity index (χ0n) is 12.1. The topological polar surface area (TPSA) is 77.7 Å². The summed E-state index contributed by atoms with van der Waals surface area (Å²) in [5.74, 6) is 0.445. The van der Waals surface area contributed by atoms with E-state index in [0.29, 0.717) is 25.5 Å². The van der Waals surface area contributed by atoms with Crippen molar-refractivity contribution in [2.75, 3.05) is 25.4 Å². The zero-order valence-corrected chi connectivity index (χ0v) is 12.1. The Kier molecular flexibility index (Phi) is 4.13. The quantitative estimate of drug-likeness (QED) is 0.850. The normalized spacial score (nSPS) is 19.8. The first-order valence-electron chi connectivity index (χ1n) is 6.67. The molecule has 0 radical (unpaired) electrons. The van der Waals surface area contributed by atoms with Gasteiger partial charge in [0.2, 0.25) is 0 Å². The molecule has 0 aliphatic carbocycles. The lowest BCUT2D eigenvalue weighted by atomic mass is 10.2. The van der Waals surface area contributed by atoms with Crippen LogP contribution in [0.25, 0.3) is 0 Å². The molecular weight excluding hydrogens is 258 g/mol. The molecule has 0 bridgehead atoms. The lowest BCUT2D eigenvalue weighted by molar-refractivity contribution is -0.0446. The van der Waals surface area contributed by atoms with Gasteiger partial charge in [0.1, 0.15) is 17.5 Å².